The smallest absolute Gasteiger partial charge is 0.248 e. The van der Waals surface area contributed by atoms with E-state index in [-0.39, 0.29) is 11.1 Å². The number of nitrogens with one attached hydrogen (secondary N) is 1. The van der Waals surface area contributed by atoms with Crippen LogP contribution >= 0.6 is 0 Å². The summed E-state index contributed by atoms with van der Waals surface area (Å²) < 4.78 is 0. The number of H-pyrrole nitrogens is 1. The van der Waals surface area contributed by atoms with Crippen molar-refractivity contribution in [1.82, 2.24) is 9.88 Å². The lowest BCUT2D eigenvalue weighted by Gasteiger charge is -2.60. The summed E-state index contributed by atoms with van der Waals surface area (Å²) in [6.07, 6.45) is 6.35. The normalized spacial score (nSPS) is 40.0. The van der Waals surface area contributed by atoms with Crippen LogP contribution < -0.4 is 5.56 Å². The first-order chi connectivity index (χ1) is 9.61. The summed E-state index contributed by atoms with van der Waals surface area (Å²) >= 11 is 0. The average molecular weight is 272 g/mol. The highest BCUT2D eigenvalue weighted by Crippen LogP contribution is 2.57. The summed E-state index contributed by atoms with van der Waals surface area (Å²) in [5.41, 5.74) is 2.90. The van der Waals surface area contributed by atoms with Gasteiger partial charge in [0.05, 0.1) is 5.54 Å². The van der Waals surface area contributed by atoms with Crippen LogP contribution in [0.25, 0.3) is 0 Å². The maximum Gasteiger partial charge on any atom is 0.248 e. The van der Waals surface area contributed by atoms with Crippen LogP contribution in [0.1, 0.15) is 43.9 Å². The second kappa shape index (κ2) is 4.20. The van der Waals surface area contributed by atoms with Gasteiger partial charge in [-0.25, -0.2) is 0 Å². The highest BCUT2D eigenvalue weighted by molar-refractivity contribution is 5.35. The molecule has 2 fully saturated rings. The molecule has 3 aliphatic rings. The molecule has 3 heteroatoms. The number of hydrogen-bond acceptors (Lipinski definition) is 2. The first-order valence-electron chi connectivity index (χ1n) is 8.05. The number of hydrogen-bond donors (Lipinski definition) is 1. The third-order valence-electron chi connectivity index (χ3n) is 6.17. The van der Waals surface area contributed by atoms with E-state index in [2.05, 4.69) is 29.9 Å². The number of nitrogens with zero attached hydrogens (tertiary/aromatic N) is 1. The van der Waals surface area contributed by atoms with Crippen molar-refractivity contribution in [2.24, 2.45) is 17.8 Å². The molecule has 0 aromatic carbocycles. The molecule has 1 aliphatic heterocycles. The fourth-order valence-electron chi connectivity index (χ4n) is 5.59. The van der Waals surface area contributed by atoms with Gasteiger partial charge in [-0.1, -0.05) is 6.92 Å². The lowest BCUT2D eigenvalue weighted by atomic mass is 9.53. The number of likely N-dealkylation sites (tertiary alicyclic amines) is 1. The Kier molecular flexibility index (Phi) is 2.65. The molecule has 1 saturated heterocycles. The average Bonchev–Trinajstić information content (AvgIpc) is 2.39. The molecule has 1 N–H and O–H groups in total. The highest BCUT2D eigenvalue weighted by Gasteiger charge is 2.55. The van der Waals surface area contributed by atoms with E-state index in [1.807, 2.05) is 0 Å². The zero-order valence-corrected chi connectivity index (χ0v) is 12.5. The predicted molar refractivity (Wildman–Crippen MR) is 79.7 cm³/mol. The van der Waals surface area contributed by atoms with Crippen LogP contribution in [0, 0.1) is 17.8 Å². The standard InChI is InChI=1S/C17H24N2O/c1-11-8-12-9-15-14(5-6-16(20)18-15)17(10-11)13(12)4-3-7-19(17)2/h5-6,11-13H,3-4,7-10H2,1-2H3,(H,18,20). The van der Waals surface area contributed by atoms with Crippen molar-refractivity contribution in [3.05, 3.63) is 33.7 Å². The molecule has 0 spiro atoms. The van der Waals surface area contributed by atoms with Gasteiger partial charge in [0.2, 0.25) is 5.56 Å². The molecule has 1 aromatic rings. The second-order valence-corrected chi connectivity index (χ2v) is 7.32. The van der Waals surface area contributed by atoms with E-state index >= 15 is 0 Å². The van der Waals surface area contributed by atoms with Crippen molar-refractivity contribution in [1.29, 1.82) is 0 Å². The topological polar surface area (TPSA) is 36.1 Å². The van der Waals surface area contributed by atoms with Gasteiger partial charge in [0.1, 0.15) is 0 Å². The van der Waals surface area contributed by atoms with Gasteiger partial charge in [-0.2, -0.15) is 0 Å². The van der Waals surface area contributed by atoms with E-state index in [9.17, 15) is 4.79 Å². The molecule has 4 atom stereocenters. The fourth-order valence-corrected chi connectivity index (χ4v) is 5.59. The molecule has 4 rings (SSSR count). The van der Waals surface area contributed by atoms with Crippen molar-refractivity contribution in [2.75, 3.05) is 13.6 Å². The molecule has 1 aromatic heterocycles. The Morgan fingerprint density at radius 3 is 3.10 bits per heavy atom. The van der Waals surface area contributed by atoms with Gasteiger partial charge in [-0.05, 0) is 75.1 Å². The zero-order valence-electron chi connectivity index (χ0n) is 12.5. The first kappa shape index (κ1) is 12.6. The predicted octanol–water partition coefficient (Wildman–Crippen LogP) is 2.51. The first-order valence-corrected chi connectivity index (χ1v) is 8.05. The maximum atomic E-state index is 11.7. The van der Waals surface area contributed by atoms with Crippen LogP contribution in [0.15, 0.2) is 16.9 Å². The van der Waals surface area contributed by atoms with E-state index in [0.29, 0.717) is 0 Å². The minimum Gasteiger partial charge on any atom is -0.326 e. The molecule has 0 amide bonds. The summed E-state index contributed by atoms with van der Waals surface area (Å²) in [5.74, 6) is 2.33. The molecule has 2 bridgehead atoms. The van der Waals surface area contributed by atoms with Gasteiger partial charge in [0.15, 0.2) is 0 Å². The fraction of sp³-hybridized carbons (Fsp3) is 0.706. The quantitative estimate of drug-likeness (QED) is 0.788. The van der Waals surface area contributed by atoms with Gasteiger partial charge in [0.25, 0.3) is 0 Å². The molecule has 3 nitrogen and oxygen atoms in total. The van der Waals surface area contributed by atoms with Crippen LogP contribution in [0.5, 0.6) is 0 Å². The van der Waals surface area contributed by atoms with E-state index < -0.39 is 0 Å². The van der Waals surface area contributed by atoms with Gasteiger partial charge < -0.3 is 4.98 Å². The largest absolute Gasteiger partial charge is 0.326 e. The Morgan fingerprint density at radius 2 is 2.25 bits per heavy atom. The summed E-state index contributed by atoms with van der Waals surface area (Å²) in [6, 6.07) is 3.85. The third kappa shape index (κ3) is 1.53. The van der Waals surface area contributed by atoms with Crippen molar-refractivity contribution in [3.8, 4) is 0 Å². The van der Waals surface area contributed by atoms with E-state index in [1.165, 1.54) is 43.5 Å². The number of aromatic amines is 1. The summed E-state index contributed by atoms with van der Waals surface area (Å²) in [7, 11) is 2.29. The van der Waals surface area contributed by atoms with Crippen LogP contribution in [0.2, 0.25) is 0 Å². The Balaban J connectivity index is 1.95. The third-order valence-corrected chi connectivity index (χ3v) is 6.17. The van der Waals surface area contributed by atoms with Gasteiger partial charge in [0, 0.05) is 11.8 Å². The minimum absolute atomic E-state index is 0.0585. The van der Waals surface area contributed by atoms with E-state index in [0.717, 1.165) is 24.2 Å². The molecule has 4 unspecified atom stereocenters. The van der Waals surface area contributed by atoms with Crippen molar-refractivity contribution in [3.63, 3.8) is 0 Å². The molecule has 1 saturated carbocycles. The molecule has 2 heterocycles. The molecular formula is C17H24N2O. The van der Waals surface area contributed by atoms with Crippen LogP contribution in [0.4, 0.5) is 0 Å². The van der Waals surface area contributed by atoms with Gasteiger partial charge >= 0.3 is 0 Å². The van der Waals surface area contributed by atoms with Crippen LogP contribution in [0.3, 0.4) is 0 Å². The molecular weight excluding hydrogens is 248 g/mol. The number of piperidine rings is 1. The van der Waals surface area contributed by atoms with Crippen molar-refractivity contribution in [2.45, 2.75) is 44.6 Å². The maximum absolute atomic E-state index is 11.7. The molecule has 0 radical (unpaired) electrons. The van der Waals surface area contributed by atoms with E-state index in [1.54, 1.807) is 6.07 Å². The number of pyridine rings is 1. The monoisotopic (exact) mass is 272 g/mol. The van der Waals surface area contributed by atoms with Crippen molar-refractivity contribution < 1.29 is 0 Å². The Morgan fingerprint density at radius 1 is 1.40 bits per heavy atom. The lowest BCUT2D eigenvalue weighted by Crippen LogP contribution is -2.61. The second-order valence-electron chi connectivity index (χ2n) is 7.32. The summed E-state index contributed by atoms with van der Waals surface area (Å²) in [4.78, 5) is 17.4. The van der Waals surface area contributed by atoms with Crippen LogP contribution in [-0.2, 0) is 12.0 Å². The lowest BCUT2D eigenvalue weighted by molar-refractivity contribution is -0.0790. The summed E-state index contributed by atoms with van der Waals surface area (Å²) in [6.45, 7) is 3.60. The Bertz CT molecular complexity index is 593. The summed E-state index contributed by atoms with van der Waals surface area (Å²) in [5, 5.41) is 0. The molecule has 2 aliphatic carbocycles. The van der Waals surface area contributed by atoms with Crippen LogP contribution in [-0.4, -0.2) is 23.5 Å². The number of fused-ring (bicyclic) bond motifs is 1. The van der Waals surface area contributed by atoms with Gasteiger partial charge in [-0.15, -0.1) is 0 Å². The number of rotatable bonds is 0. The Labute approximate surface area is 120 Å². The SMILES string of the molecule is CC1CC2Cc3[nH]c(=O)ccc3C3(C1)C2CCCN3C. The zero-order chi connectivity index (χ0) is 13.9. The minimum atomic E-state index is 0.0585. The Hall–Kier alpha value is -1.09. The molecule has 108 valence electrons. The van der Waals surface area contributed by atoms with Gasteiger partial charge in [-0.3, -0.25) is 9.69 Å². The highest BCUT2D eigenvalue weighted by atomic mass is 16.1. The number of aromatic nitrogens is 1. The molecule has 20 heavy (non-hydrogen) atoms. The van der Waals surface area contributed by atoms with Crippen molar-refractivity contribution >= 4 is 0 Å². The van der Waals surface area contributed by atoms with E-state index in [4.69, 9.17) is 0 Å².